The molecule has 1 N–H and O–H groups in total. The highest BCUT2D eigenvalue weighted by Crippen LogP contribution is 2.33. The van der Waals surface area contributed by atoms with Crippen molar-refractivity contribution >= 4 is 38.0 Å². The Bertz CT molecular complexity index is 2640. The molecule has 0 radical (unpaired) electrons. The largest absolute Gasteiger partial charge is 0.573 e. The second kappa shape index (κ2) is 19.0. The molecule has 0 fully saturated rings. The fourth-order valence-corrected chi connectivity index (χ4v) is 5.69. The molecule has 0 spiro atoms. The van der Waals surface area contributed by atoms with Crippen LogP contribution < -0.4 is 32.0 Å². The third-order valence-electron chi connectivity index (χ3n) is 8.22. The molecule has 0 atom stereocenters. The Hall–Kier alpha value is -5.92. The number of hydrogen-bond acceptors (Lipinski definition) is 9. The van der Waals surface area contributed by atoms with Gasteiger partial charge < -0.3 is 14.6 Å². The van der Waals surface area contributed by atoms with Crippen molar-refractivity contribution < 1.29 is 40.9 Å². The van der Waals surface area contributed by atoms with Crippen molar-refractivity contribution in [3.8, 4) is 23.0 Å². The number of hydrogen-bond donors (Lipinski definition) is 1. The minimum Gasteiger partial charge on any atom is -0.508 e. The molecule has 0 unspecified atom stereocenters. The summed E-state index contributed by atoms with van der Waals surface area (Å²) in [7, 11) is 3.14. The fourth-order valence-electron chi connectivity index (χ4n) is 5.36. The number of pyridine rings is 2. The Kier molecular flexibility index (Phi) is 14.7. The minimum atomic E-state index is -4.71. The average molecular weight is 884 g/mol. The lowest BCUT2D eigenvalue weighted by Gasteiger charge is -2.12. The van der Waals surface area contributed by atoms with Gasteiger partial charge in [-0.05, 0) is 71.2 Å². The van der Waals surface area contributed by atoms with Gasteiger partial charge >= 0.3 is 23.9 Å². The number of unbranched alkanes of at least 4 members (excludes halogenated alkanes) is 2. The Morgan fingerprint density at radius 1 is 0.690 bits per heavy atom. The van der Waals surface area contributed by atoms with E-state index in [1.54, 1.807) is 19.3 Å². The van der Waals surface area contributed by atoms with Gasteiger partial charge in [0, 0.05) is 43.9 Å². The van der Waals surface area contributed by atoms with E-state index in [2.05, 4.69) is 30.6 Å². The Morgan fingerprint density at radius 2 is 1.21 bits per heavy atom. The van der Waals surface area contributed by atoms with Crippen LogP contribution in [0.25, 0.3) is 22.1 Å². The monoisotopic (exact) mass is 882 g/mol. The molecule has 0 bridgehead atoms. The normalized spacial score (nSPS) is 11.4. The molecule has 4 aromatic heterocycles. The molecule has 310 valence electrons. The summed E-state index contributed by atoms with van der Waals surface area (Å²) in [6.07, 6.45) is -3.15. The number of phenols is 1. The first-order chi connectivity index (χ1) is 27.2. The zero-order valence-corrected chi connectivity index (χ0v) is 33.0. The quantitative estimate of drug-likeness (QED) is 0.144. The summed E-state index contributed by atoms with van der Waals surface area (Å²) in [5, 5.41) is 9.38. The van der Waals surface area contributed by atoms with Crippen molar-refractivity contribution in [3.63, 3.8) is 0 Å². The highest BCUT2D eigenvalue weighted by molar-refractivity contribution is 9.10. The summed E-state index contributed by atoms with van der Waals surface area (Å²) in [5.41, 5.74) is -1.80. The Labute approximate surface area is 333 Å². The van der Waals surface area contributed by atoms with Gasteiger partial charge in [-0.1, -0.05) is 38.8 Å². The molecule has 0 saturated carbocycles. The number of fused-ring (bicyclic) bond motifs is 2. The minimum absolute atomic E-state index is 0.0351. The van der Waals surface area contributed by atoms with Crippen molar-refractivity contribution in [2.45, 2.75) is 65.2 Å². The summed E-state index contributed by atoms with van der Waals surface area (Å²) in [5.74, 6) is -0.629. The van der Waals surface area contributed by atoms with Crippen LogP contribution in [-0.4, -0.2) is 39.7 Å². The molecule has 20 heteroatoms. The lowest BCUT2D eigenvalue weighted by molar-refractivity contribution is -0.274. The number of aromatic nitrogens is 6. The van der Waals surface area contributed by atoms with Crippen molar-refractivity contribution in [1.82, 2.24) is 28.2 Å². The van der Waals surface area contributed by atoms with Crippen molar-refractivity contribution in [2.75, 3.05) is 0 Å². The molecule has 0 aliphatic heterocycles. The van der Waals surface area contributed by atoms with Crippen molar-refractivity contribution in [2.24, 2.45) is 14.1 Å². The summed E-state index contributed by atoms with van der Waals surface area (Å²) >= 11 is 3.29. The smallest absolute Gasteiger partial charge is 0.508 e. The van der Waals surface area contributed by atoms with Crippen LogP contribution in [0, 0.1) is 0 Å². The first-order valence-corrected chi connectivity index (χ1v) is 18.3. The lowest BCUT2D eigenvalue weighted by Crippen LogP contribution is -2.39. The van der Waals surface area contributed by atoms with E-state index >= 15 is 0 Å². The third kappa shape index (κ3) is 11.4. The van der Waals surface area contributed by atoms with Crippen LogP contribution >= 0.6 is 15.9 Å². The number of aromatic hydroxyl groups is 1. The van der Waals surface area contributed by atoms with Gasteiger partial charge in [-0.25, -0.2) is 19.6 Å². The molecule has 58 heavy (non-hydrogen) atoms. The number of rotatable bonds is 9. The number of nitrogens with zero attached hydrogens (tertiary/aromatic N) is 6. The van der Waals surface area contributed by atoms with Crippen LogP contribution in [0.4, 0.5) is 26.3 Å². The number of halogens is 7. The van der Waals surface area contributed by atoms with Crippen molar-refractivity contribution in [3.05, 3.63) is 125 Å². The zero-order chi connectivity index (χ0) is 42.9. The molecule has 2 aromatic carbocycles. The summed E-state index contributed by atoms with van der Waals surface area (Å²) in [4.78, 5) is 57.6. The number of aryl methyl sites for hydroxylation is 2. The van der Waals surface area contributed by atoms with Gasteiger partial charge in [-0.3, -0.25) is 27.9 Å². The van der Waals surface area contributed by atoms with Gasteiger partial charge in [0.1, 0.15) is 34.3 Å². The molecule has 0 aliphatic carbocycles. The number of alkyl halides is 6. The SMILES string of the molecule is CCCCn1c(=O)c2cc(Br)cnc2n(C)c1=O.CCCCn1c(=O)c2cc(Oc3cccc(C(F)(F)F)c3)cnc2n(C)c1=O.Oc1cccc(OC(F)(F)F)c1. The van der Waals surface area contributed by atoms with Crippen LogP contribution in [0.1, 0.15) is 45.1 Å². The summed E-state index contributed by atoms with van der Waals surface area (Å²) in [6, 6.07) is 12.0. The predicted molar refractivity (Wildman–Crippen MR) is 206 cm³/mol. The van der Waals surface area contributed by atoms with E-state index < -0.39 is 35.1 Å². The number of benzene rings is 2. The molecular weight excluding hydrogens is 846 g/mol. The van der Waals surface area contributed by atoms with Gasteiger partial charge in [-0.15, -0.1) is 13.2 Å². The van der Waals surface area contributed by atoms with Gasteiger partial charge in [-0.2, -0.15) is 13.2 Å². The molecule has 4 heterocycles. The van der Waals surface area contributed by atoms with E-state index in [4.69, 9.17) is 9.84 Å². The molecule has 6 aromatic rings. The zero-order valence-electron chi connectivity index (χ0n) is 31.4. The van der Waals surface area contributed by atoms with Gasteiger partial charge in [0.2, 0.25) is 0 Å². The van der Waals surface area contributed by atoms with Crippen LogP contribution in [0.3, 0.4) is 0 Å². The van der Waals surface area contributed by atoms with Gasteiger partial charge in [0.25, 0.3) is 11.1 Å². The lowest BCUT2D eigenvalue weighted by atomic mass is 10.2. The molecule has 13 nitrogen and oxygen atoms in total. The Morgan fingerprint density at radius 3 is 1.72 bits per heavy atom. The standard InChI is InChI=1S/C19H18F3N3O3.C12H14BrN3O2.C7H5F3O2/c1-3-4-8-25-17(26)15-10-14(11-23-16(15)24(2)18(25)27)28-13-7-5-6-12(9-13)19(20,21)22;1-3-4-5-16-11(17)9-6-8(13)7-14-10(9)15(2)12(16)18;8-7(9,10)12-6-3-1-2-5(11)4-6/h5-7,9-11H,3-4,8H2,1-2H3;6-7H,3-5H2,1-2H3;1-4,11H. The molecule has 0 saturated heterocycles. The van der Waals surface area contributed by atoms with E-state index in [9.17, 15) is 45.5 Å². The van der Waals surface area contributed by atoms with Crippen LogP contribution in [0.15, 0.2) is 96.7 Å². The number of ether oxygens (including phenoxy) is 2. The highest BCUT2D eigenvalue weighted by atomic mass is 79.9. The van der Waals surface area contributed by atoms with Gasteiger partial charge in [0.05, 0.1) is 22.5 Å². The molecule has 0 aliphatic rings. The second-order valence-corrected chi connectivity index (χ2v) is 13.5. The Balaban J connectivity index is 0.000000212. The van der Waals surface area contributed by atoms with Crippen LogP contribution in [0.5, 0.6) is 23.0 Å². The first kappa shape index (κ1) is 44.8. The summed E-state index contributed by atoms with van der Waals surface area (Å²) in [6.45, 7) is 4.69. The maximum atomic E-state index is 12.9. The average Bonchev–Trinajstić information content (AvgIpc) is 3.16. The number of phenolic OH excluding ortho intramolecular Hbond substituents is 1. The third-order valence-corrected chi connectivity index (χ3v) is 8.65. The second-order valence-electron chi connectivity index (χ2n) is 12.5. The molecule has 0 amide bonds. The first-order valence-electron chi connectivity index (χ1n) is 17.5. The molecule has 6 rings (SSSR count). The van der Waals surface area contributed by atoms with E-state index in [-0.39, 0.29) is 46.1 Å². The van der Waals surface area contributed by atoms with Crippen molar-refractivity contribution in [1.29, 1.82) is 0 Å². The van der Waals surface area contributed by atoms with E-state index in [1.807, 2.05) is 13.8 Å². The predicted octanol–water partition coefficient (Wildman–Crippen LogP) is 7.66. The topological polar surface area (TPSA) is 152 Å². The van der Waals surface area contributed by atoms with Crippen LogP contribution in [-0.2, 0) is 33.4 Å². The van der Waals surface area contributed by atoms with E-state index in [1.165, 1.54) is 57.3 Å². The maximum absolute atomic E-state index is 12.9. The fraction of sp³-hybridized carbons (Fsp3) is 0.316. The van der Waals surface area contributed by atoms with Crippen LogP contribution in [0.2, 0.25) is 0 Å². The summed E-state index contributed by atoms with van der Waals surface area (Å²) < 4.78 is 88.1. The van der Waals surface area contributed by atoms with E-state index in [0.717, 1.165) is 52.6 Å². The van der Waals surface area contributed by atoms with E-state index in [0.29, 0.717) is 24.0 Å². The highest BCUT2D eigenvalue weighted by Gasteiger charge is 2.31. The van der Waals surface area contributed by atoms with Gasteiger partial charge in [0.15, 0.2) is 0 Å². The molecular formula is C38H37BrF6N6O7. The maximum Gasteiger partial charge on any atom is 0.573 e.